The summed E-state index contributed by atoms with van der Waals surface area (Å²) in [6.07, 6.45) is 0.449. The number of Topliss-reactive ketones (excluding diaryl/α,β-unsaturated/α-hetero) is 1. The molecule has 0 aromatic heterocycles. The second-order valence-electron chi connectivity index (χ2n) is 6.60. The maximum absolute atomic E-state index is 12.2. The first kappa shape index (κ1) is 18.4. The average Bonchev–Trinajstić information content (AvgIpc) is 2.49. The number of rotatable bonds is 2. The van der Waals surface area contributed by atoms with E-state index in [2.05, 4.69) is 4.99 Å². The molecule has 24 heavy (non-hydrogen) atoms. The van der Waals surface area contributed by atoms with Crippen molar-refractivity contribution in [3.8, 4) is 0 Å². The van der Waals surface area contributed by atoms with Gasteiger partial charge in [-0.05, 0) is 33.6 Å². The Morgan fingerprint density at radius 3 is 2.46 bits per heavy atom. The van der Waals surface area contributed by atoms with Gasteiger partial charge in [0.2, 0.25) is 5.12 Å². The van der Waals surface area contributed by atoms with Crippen LogP contribution in [0.5, 0.6) is 0 Å². The molecule has 1 aliphatic rings. The molecule has 1 saturated carbocycles. The Hall–Kier alpha value is -1.95. The van der Waals surface area contributed by atoms with Gasteiger partial charge in [0.15, 0.2) is 5.78 Å². The normalized spacial score (nSPS) is 20.0. The predicted molar refractivity (Wildman–Crippen MR) is 94.7 cm³/mol. The van der Waals surface area contributed by atoms with Crippen LogP contribution in [0.3, 0.4) is 0 Å². The third kappa shape index (κ3) is 5.60. The van der Waals surface area contributed by atoms with Gasteiger partial charge in [0.1, 0.15) is 5.60 Å². The molecule has 0 aliphatic heterocycles. The number of nitrogens with zero attached hydrogens (tertiary/aromatic N) is 1. The molecular formula is C18H21NO4S. The van der Waals surface area contributed by atoms with Crippen LogP contribution in [0.1, 0.15) is 50.4 Å². The van der Waals surface area contributed by atoms with E-state index in [1.165, 1.54) is 0 Å². The number of amides is 1. The van der Waals surface area contributed by atoms with Crippen molar-refractivity contribution in [2.75, 3.05) is 0 Å². The Morgan fingerprint density at radius 1 is 1.21 bits per heavy atom. The molecule has 6 heteroatoms. The summed E-state index contributed by atoms with van der Waals surface area (Å²) in [5.74, 6) is -0.0714. The van der Waals surface area contributed by atoms with E-state index < -0.39 is 11.7 Å². The van der Waals surface area contributed by atoms with E-state index in [-0.39, 0.29) is 22.6 Å². The van der Waals surface area contributed by atoms with Crippen LogP contribution in [0.2, 0.25) is 0 Å². The van der Waals surface area contributed by atoms with E-state index in [1.807, 2.05) is 6.07 Å². The zero-order valence-electron chi connectivity index (χ0n) is 14.1. The van der Waals surface area contributed by atoms with Crippen molar-refractivity contribution < 1.29 is 19.1 Å². The molecule has 0 N–H and O–H groups in total. The summed E-state index contributed by atoms with van der Waals surface area (Å²) in [5.41, 5.74) is 0.502. The van der Waals surface area contributed by atoms with Crippen molar-refractivity contribution in [3.63, 3.8) is 0 Å². The number of carbonyl (C=O) groups excluding carboxylic acids is 3. The lowest BCUT2D eigenvalue weighted by Crippen LogP contribution is -2.29. The van der Waals surface area contributed by atoms with E-state index in [0.29, 0.717) is 24.1 Å². The molecule has 2 rings (SSSR count). The molecule has 0 bridgehead atoms. The number of carbonyl (C=O) groups is 3. The SMILES string of the molecule is CC(C)(C)OC(=O)N=C1CC[C@H](SC(=O)c2ccccc2)C(=O)C1. The molecule has 0 saturated heterocycles. The number of thioether (sulfide) groups is 1. The maximum atomic E-state index is 12.2. The lowest BCUT2D eigenvalue weighted by molar-refractivity contribution is -0.117. The van der Waals surface area contributed by atoms with Crippen molar-refractivity contribution >= 4 is 34.5 Å². The van der Waals surface area contributed by atoms with Gasteiger partial charge in [-0.3, -0.25) is 9.59 Å². The fourth-order valence-corrected chi connectivity index (χ4v) is 3.25. The molecule has 5 nitrogen and oxygen atoms in total. The van der Waals surface area contributed by atoms with Crippen LogP contribution in [-0.2, 0) is 9.53 Å². The van der Waals surface area contributed by atoms with Crippen molar-refractivity contribution in [1.29, 1.82) is 0 Å². The monoisotopic (exact) mass is 347 g/mol. The van der Waals surface area contributed by atoms with E-state index in [9.17, 15) is 14.4 Å². The lowest BCUT2D eigenvalue weighted by atomic mass is 9.97. The number of aliphatic imine (C=N–C) groups is 1. The number of ether oxygens (including phenoxy) is 1. The number of hydrogen-bond donors (Lipinski definition) is 0. The van der Waals surface area contributed by atoms with Crippen LogP contribution < -0.4 is 0 Å². The molecular weight excluding hydrogens is 326 g/mol. The molecule has 1 fully saturated rings. The van der Waals surface area contributed by atoms with Crippen LogP contribution in [0, 0.1) is 0 Å². The van der Waals surface area contributed by atoms with Crippen LogP contribution in [0.25, 0.3) is 0 Å². The summed E-state index contributed by atoms with van der Waals surface area (Å²) in [7, 11) is 0. The topological polar surface area (TPSA) is 72.8 Å². The van der Waals surface area contributed by atoms with Gasteiger partial charge in [-0.2, -0.15) is 4.99 Å². The van der Waals surface area contributed by atoms with Crippen molar-refractivity contribution in [2.45, 2.75) is 50.9 Å². The average molecular weight is 347 g/mol. The van der Waals surface area contributed by atoms with Gasteiger partial charge in [0, 0.05) is 17.7 Å². The summed E-state index contributed by atoms with van der Waals surface area (Å²) in [6.45, 7) is 5.29. The minimum atomic E-state index is -0.670. The second kappa shape index (κ2) is 7.75. The summed E-state index contributed by atoms with van der Waals surface area (Å²) >= 11 is 1.05. The van der Waals surface area contributed by atoms with Crippen molar-refractivity contribution in [3.05, 3.63) is 35.9 Å². The highest BCUT2D eigenvalue weighted by atomic mass is 32.2. The first-order valence-corrected chi connectivity index (χ1v) is 8.71. The van der Waals surface area contributed by atoms with E-state index in [1.54, 1.807) is 45.0 Å². The summed E-state index contributed by atoms with van der Waals surface area (Å²) in [6, 6.07) is 8.90. The molecule has 1 amide bonds. The van der Waals surface area contributed by atoms with Crippen molar-refractivity contribution in [2.24, 2.45) is 4.99 Å². The standard InChI is InChI=1S/C18H21NO4S/c1-18(2,3)23-17(22)19-13-9-10-15(14(20)11-13)24-16(21)12-7-5-4-6-8-12/h4-8,15H,9-11H2,1-3H3/t15-/m0/s1. The second-order valence-corrected chi connectivity index (χ2v) is 7.78. The molecule has 0 radical (unpaired) electrons. The van der Waals surface area contributed by atoms with Gasteiger partial charge in [0.05, 0.1) is 5.25 Å². The van der Waals surface area contributed by atoms with Crippen LogP contribution in [-0.4, -0.2) is 33.6 Å². The number of benzene rings is 1. The quantitative estimate of drug-likeness (QED) is 0.807. The minimum Gasteiger partial charge on any atom is -0.442 e. The Morgan fingerprint density at radius 2 is 1.88 bits per heavy atom. The molecule has 1 aromatic carbocycles. The number of ketones is 1. The van der Waals surface area contributed by atoms with Crippen LogP contribution >= 0.6 is 11.8 Å². The zero-order valence-corrected chi connectivity index (χ0v) is 14.9. The Balaban J connectivity index is 1.92. The first-order chi connectivity index (χ1) is 11.2. The maximum Gasteiger partial charge on any atom is 0.434 e. The molecule has 1 aliphatic carbocycles. The lowest BCUT2D eigenvalue weighted by Gasteiger charge is -2.21. The van der Waals surface area contributed by atoms with Gasteiger partial charge in [-0.25, -0.2) is 4.79 Å². The van der Waals surface area contributed by atoms with Crippen LogP contribution in [0.15, 0.2) is 35.3 Å². The smallest absolute Gasteiger partial charge is 0.434 e. The molecule has 1 atom stereocenters. The third-order valence-corrected chi connectivity index (χ3v) is 4.57. The van der Waals surface area contributed by atoms with E-state index in [0.717, 1.165) is 11.8 Å². The van der Waals surface area contributed by atoms with Crippen LogP contribution in [0.4, 0.5) is 4.79 Å². The molecule has 0 unspecified atom stereocenters. The van der Waals surface area contributed by atoms with Gasteiger partial charge in [-0.15, -0.1) is 0 Å². The fraction of sp³-hybridized carbons (Fsp3) is 0.444. The summed E-state index contributed by atoms with van der Waals surface area (Å²) in [5, 5.41) is -0.489. The van der Waals surface area contributed by atoms with Gasteiger partial charge in [0.25, 0.3) is 0 Å². The van der Waals surface area contributed by atoms with Gasteiger partial charge >= 0.3 is 6.09 Å². The highest BCUT2D eigenvalue weighted by Gasteiger charge is 2.29. The van der Waals surface area contributed by atoms with Crippen molar-refractivity contribution in [1.82, 2.24) is 0 Å². The van der Waals surface area contributed by atoms with Gasteiger partial charge < -0.3 is 4.74 Å². The minimum absolute atomic E-state index is 0.0714. The highest BCUT2D eigenvalue weighted by molar-refractivity contribution is 8.15. The van der Waals surface area contributed by atoms with Gasteiger partial charge in [-0.1, -0.05) is 42.1 Å². The largest absolute Gasteiger partial charge is 0.442 e. The Kier molecular flexibility index (Phi) is 5.94. The first-order valence-electron chi connectivity index (χ1n) is 7.83. The summed E-state index contributed by atoms with van der Waals surface area (Å²) < 4.78 is 5.13. The predicted octanol–water partition coefficient (Wildman–Crippen LogP) is 4.06. The number of hydrogen-bond acceptors (Lipinski definition) is 5. The molecule has 0 heterocycles. The molecule has 0 spiro atoms. The fourth-order valence-electron chi connectivity index (χ4n) is 2.27. The molecule has 1 aromatic rings. The molecule has 128 valence electrons. The van der Waals surface area contributed by atoms with E-state index in [4.69, 9.17) is 4.74 Å². The zero-order chi connectivity index (χ0) is 17.7. The highest BCUT2D eigenvalue weighted by Crippen LogP contribution is 2.27. The van der Waals surface area contributed by atoms with E-state index >= 15 is 0 Å². The summed E-state index contributed by atoms with van der Waals surface area (Å²) in [4.78, 5) is 40.0. The third-order valence-electron chi connectivity index (χ3n) is 3.33. The Bertz CT molecular complexity index is 661. The Labute approximate surface area is 145 Å².